The zero-order chi connectivity index (χ0) is 15.1. The van der Waals surface area contributed by atoms with Crippen LogP contribution in [0.5, 0.6) is 0 Å². The van der Waals surface area contributed by atoms with Gasteiger partial charge in [0.15, 0.2) is 0 Å². The van der Waals surface area contributed by atoms with E-state index in [0.29, 0.717) is 0 Å². The Bertz CT molecular complexity index is 123. The van der Waals surface area contributed by atoms with Gasteiger partial charge in [-0.05, 0) is 6.42 Å². The second-order valence-electron chi connectivity index (χ2n) is 2.39. The second-order valence-corrected chi connectivity index (χ2v) is 2.39. The van der Waals surface area contributed by atoms with E-state index >= 15 is 0 Å². The lowest BCUT2D eigenvalue weighted by Gasteiger charge is -1.83. The zero-order valence-corrected chi connectivity index (χ0v) is 13.5. The molecule has 0 amide bonds. The Kier molecular flexibility index (Phi) is 105. The first-order chi connectivity index (χ1) is 8.14. The SMILES string of the molecule is C=CC(=C)CC.C=CC=C.CC.CC.CCC. The molecule has 0 atom stereocenters. The highest BCUT2D eigenvalue weighted by Crippen LogP contribution is 1.93. The van der Waals surface area contributed by atoms with E-state index < -0.39 is 0 Å². The topological polar surface area (TPSA) is 0 Å². The Balaban J connectivity index is -0.0000000385. The van der Waals surface area contributed by atoms with E-state index in [0.717, 1.165) is 12.0 Å². The third-order valence-corrected chi connectivity index (χ3v) is 0.909. The van der Waals surface area contributed by atoms with E-state index in [1.165, 1.54) is 6.42 Å². The van der Waals surface area contributed by atoms with E-state index in [-0.39, 0.29) is 0 Å². The van der Waals surface area contributed by atoms with Gasteiger partial charge in [0.1, 0.15) is 0 Å². The van der Waals surface area contributed by atoms with Crippen molar-refractivity contribution in [1.82, 2.24) is 0 Å². The fourth-order valence-corrected chi connectivity index (χ4v) is 0.144. The van der Waals surface area contributed by atoms with Gasteiger partial charge in [0.05, 0.1) is 0 Å². The van der Waals surface area contributed by atoms with Crippen molar-refractivity contribution in [3.8, 4) is 0 Å². The molecule has 17 heavy (non-hydrogen) atoms. The maximum absolute atomic E-state index is 3.67. The van der Waals surface area contributed by atoms with E-state index in [2.05, 4.69) is 47.1 Å². The van der Waals surface area contributed by atoms with E-state index in [1.807, 2.05) is 27.7 Å². The van der Waals surface area contributed by atoms with Crippen molar-refractivity contribution in [3.63, 3.8) is 0 Å². The molecular weight excluding hydrogens is 204 g/mol. The normalized spacial score (nSPS) is 5.59. The molecule has 0 heteroatoms. The van der Waals surface area contributed by atoms with Gasteiger partial charge in [-0.1, -0.05) is 105 Å². The van der Waals surface area contributed by atoms with Crippen molar-refractivity contribution in [2.24, 2.45) is 0 Å². The highest BCUT2D eigenvalue weighted by Gasteiger charge is 1.72. The summed E-state index contributed by atoms with van der Waals surface area (Å²) in [6, 6.07) is 0. The predicted molar refractivity (Wildman–Crippen MR) is 88.7 cm³/mol. The van der Waals surface area contributed by atoms with Gasteiger partial charge in [0.2, 0.25) is 0 Å². The van der Waals surface area contributed by atoms with E-state index in [9.17, 15) is 0 Å². The number of allylic oxidation sites excluding steroid dienone is 4. The fourth-order valence-electron chi connectivity index (χ4n) is 0.144. The van der Waals surface area contributed by atoms with Crippen LogP contribution in [0.2, 0.25) is 0 Å². The highest BCUT2D eigenvalue weighted by molar-refractivity contribution is 5.09. The van der Waals surface area contributed by atoms with Crippen molar-refractivity contribution in [1.29, 1.82) is 0 Å². The Morgan fingerprint density at radius 3 is 1.06 bits per heavy atom. The molecule has 0 saturated heterocycles. The minimum Gasteiger partial charge on any atom is -0.0991 e. The van der Waals surface area contributed by atoms with Gasteiger partial charge in [-0.3, -0.25) is 0 Å². The van der Waals surface area contributed by atoms with Gasteiger partial charge >= 0.3 is 0 Å². The summed E-state index contributed by atoms with van der Waals surface area (Å²) in [5.41, 5.74) is 1.11. The Morgan fingerprint density at radius 2 is 1.06 bits per heavy atom. The van der Waals surface area contributed by atoms with Crippen molar-refractivity contribution in [2.45, 2.75) is 61.3 Å². The second kappa shape index (κ2) is 60.2. The summed E-state index contributed by atoms with van der Waals surface area (Å²) in [6.45, 7) is 28.2. The molecule has 0 rings (SSSR count). The van der Waals surface area contributed by atoms with Crippen molar-refractivity contribution in [2.75, 3.05) is 0 Å². The molecule has 0 heterocycles. The van der Waals surface area contributed by atoms with Crippen LogP contribution >= 0.6 is 0 Å². The third-order valence-electron chi connectivity index (χ3n) is 0.909. The van der Waals surface area contributed by atoms with Crippen molar-refractivity contribution in [3.05, 3.63) is 50.1 Å². The van der Waals surface area contributed by atoms with Gasteiger partial charge in [0, 0.05) is 0 Å². The van der Waals surface area contributed by atoms with Crippen molar-refractivity contribution >= 4 is 0 Å². The van der Waals surface area contributed by atoms with Crippen LogP contribution in [-0.2, 0) is 0 Å². The standard InChI is InChI=1S/C6H10.C4H6.C3H8.2C2H6/c1-4-6(3)5-2;1-3-4-2;1-3-2;2*1-2/h4H,1,3,5H2,2H3;3-4H,1-2H2;3H2,1-2H3;2*1-2H3. The molecule has 0 aliphatic carbocycles. The smallest absolute Gasteiger partial charge is 0.0314 e. The van der Waals surface area contributed by atoms with Crippen LogP contribution in [0.25, 0.3) is 0 Å². The lowest BCUT2D eigenvalue weighted by molar-refractivity contribution is 1.09. The summed E-state index contributed by atoms with van der Waals surface area (Å²) in [5.74, 6) is 0. The minimum absolute atomic E-state index is 1.02. The van der Waals surface area contributed by atoms with Gasteiger partial charge in [-0.15, -0.1) is 0 Å². The highest BCUT2D eigenvalue weighted by atomic mass is 13.8. The molecule has 0 nitrogen and oxygen atoms in total. The Hall–Kier alpha value is -1.04. The summed E-state index contributed by atoms with van der Waals surface area (Å²) < 4.78 is 0. The van der Waals surface area contributed by atoms with Gasteiger partial charge < -0.3 is 0 Å². The quantitative estimate of drug-likeness (QED) is 0.467. The Labute approximate surface area is 112 Å². The monoisotopic (exact) mass is 240 g/mol. The van der Waals surface area contributed by atoms with Crippen LogP contribution < -0.4 is 0 Å². The third kappa shape index (κ3) is 160. The molecule has 0 N–H and O–H groups in total. The van der Waals surface area contributed by atoms with Crippen LogP contribution in [0.4, 0.5) is 0 Å². The molecular formula is C17H36. The molecule has 0 bridgehead atoms. The maximum atomic E-state index is 3.67. The van der Waals surface area contributed by atoms with Crippen LogP contribution in [0.1, 0.15) is 61.3 Å². The molecule has 104 valence electrons. The first kappa shape index (κ1) is 29.7. The molecule has 0 radical (unpaired) electrons. The summed E-state index contributed by atoms with van der Waals surface area (Å²) in [5, 5.41) is 0. The lowest BCUT2D eigenvalue weighted by atomic mass is 10.2. The fraction of sp³-hybridized carbons (Fsp3) is 0.529. The predicted octanol–water partition coefficient (Wildman–Crippen LogP) is 6.97. The zero-order valence-electron chi connectivity index (χ0n) is 13.5. The minimum atomic E-state index is 1.02. The Morgan fingerprint density at radius 1 is 0.824 bits per heavy atom. The molecule has 0 unspecified atom stereocenters. The summed E-state index contributed by atoms with van der Waals surface area (Å²) in [6.07, 6.45) is 7.32. The molecule has 0 fully saturated rings. The molecule has 0 saturated carbocycles. The van der Waals surface area contributed by atoms with Gasteiger partial charge in [0.25, 0.3) is 0 Å². The maximum Gasteiger partial charge on any atom is -0.0314 e. The van der Waals surface area contributed by atoms with Crippen LogP contribution in [-0.4, -0.2) is 0 Å². The summed E-state index contributed by atoms with van der Waals surface area (Å²) in [7, 11) is 0. The number of rotatable bonds is 3. The summed E-state index contributed by atoms with van der Waals surface area (Å²) >= 11 is 0. The summed E-state index contributed by atoms with van der Waals surface area (Å²) in [4.78, 5) is 0. The molecule has 0 aromatic heterocycles. The first-order valence-corrected chi connectivity index (χ1v) is 6.68. The average molecular weight is 240 g/mol. The van der Waals surface area contributed by atoms with Crippen LogP contribution in [0.3, 0.4) is 0 Å². The molecule has 0 spiro atoms. The van der Waals surface area contributed by atoms with Gasteiger partial charge in [-0.2, -0.15) is 0 Å². The molecule has 0 aromatic rings. The van der Waals surface area contributed by atoms with Crippen molar-refractivity contribution < 1.29 is 0 Å². The molecule has 0 aliphatic heterocycles. The largest absolute Gasteiger partial charge is 0.0991 e. The molecule has 0 aliphatic rings. The van der Waals surface area contributed by atoms with E-state index in [1.54, 1.807) is 18.2 Å². The van der Waals surface area contributed by atoms with Crippen LogP contribution in [0.15, 0.2) is 50.1 Å². The number of hydrogen-bond acceptors (Lipinski definition) is 0. The van der Waals surface area contributed by atoms with E-state index in [4.69, 9.17) is 0 Å². The van der Waals surface area contributed by atoms with Gasteiger partial charge in [-0.25, -0.2) is 0 Å². The van der Waals surface area contributed by atoms with Crippen LogP contribution in [0, 0.1) is 0 Å². The first-order valence-electron chi connectivity index (χ1n) is 6.68. The average Bonchev–Trinajstić information content (AvgIpc) is 2.43. The number of hydrogen-bond donors (Lipinski definition) is 0. The molecule has 0 aromatic carbocycles. The lowest BCUT2D eigenvalue weighted by Crippen LogP contribution is -1.62.